The number of benzene rings is 1. The Labute approximate surface area is 160 Å². The maximum atomic E-state index is 10.9. The molecule has 1 heterocycles. The number of halogens is 1. The van der Waals surface area contributed by atoms with Crippen LogP contribution in [-0.2, 0) is 0 Å². The Hall–Kier alpha value is -1.93. The van der Waals surface area contributed by atoms with Gasteiger partial charge < -0.3 is 24.7 Å². The number of aliphatic hydroxyl groups excluding tert-OH is 1. The minimum Gasteiger partial charge on any atom is -0.478 e. The Morgan fingerprint density at radius 3 is 2.23 bits per heavy atom. The van der Waals surface area contributed by atoms with Gasteiger partial charge >= 0.3 is 5.97 Å². The van der Waals surface area contributed by atoms with Crippen LogP contribution in [0.2, 0.25) is 0 Å². The minimum atomic E-state index is -0.937. The Morgan fingerprint density at radius 2 is 1.73 bits per heavy atom. The number of pyridine rings is 1. The molecule has 0 aliphatic heterocycles. The zero-order valence-electron chi connectivity index (χ0n) is 15.7. The third-order valence-corrected chi connectivity index (χ3v) is 3.25. The largest absolute Gasteiger partial charge is 0.478 e. The Morgan fingerprint density at radius 1 is 1.08 bits per heavy atom. The maximum absolute atomic E-state index is 10.9. The van der Waals surface area contributed by atoms with Crippen molar-refractivity contribution in [3.05, 3.63) is 35.9 Å². The van der Waals surface area contributed by atoms with Crippen molar-refractivity contribution in [2.24, 2.45) is 0 Å². The van der Waals surface area contributed by atoms with Crippen LogP contribution in [0.4, 0.5) is 0 Å². The van der Waals surface area contributed by atoms with Crippen molar-refractivity contribution < 1.29 is 19.7 Å². The van der Waals surface area contributed by atoms with Crippen molar-refractivity contribution in [1.29, 1.82) is 0 Å². The molecule has 0 aliphatic carbocycles. The van der Waals surface area contributed by atoms with Crippen LogP contribution in [0.25, 0.3) is 10.9 Å². The number of rotatable bonds is 7. The minimum absolute atomic E-state index is 0. The topological polar surface area (TPSA) is 86.1 Å². The van der Waals surface area contributed by atoms with Crippen LogP contribution in [0.3, 0.4) is 0 Å². The zero-order valence-corrected chi connectivity index (χ0v) is 16.5. The van der Waals surface area contributed by atoms with Gasteiger partial charge in [-0.2, -0.15) is 0 Å². The molecule has 1 aromatic carbocycles. The molecular weight excluding hydrogens is 358 g/mol. The fourth-order valence-electron chi connectivity index (χ4n) is 1.85. The van der Waals surface area contributed by atoms with Crippen molar-refractivity contribution >= 4 is 29.3 Å². The monoisotopic (exact) mass is 385 g/mol. The molecule has 0 saturated heterocycles. The van der Waals surface area contributed by atoms with Crippen LogP contribution >= 0.6 is 12.4 Å². The summed E-state index contributed by atoms with van der Waals surface area (Å²) in [5, 5.41) is 17.9. The van der Waals surface area contributed by atoms with Crippen LogP contribution in [0.15, 0.2) is 30.3 Å². The van der Waals surface area contributed by atoms with Crippen LogP contribution in [0.1, 0.15) is 10.4 Å². The Balaban J connectivity index is 0.000000777. The molecule has 0 fully saturated rings. The molecule has 0 bridgehead atoms. The molecule has 0 unspecified atom stereocenters. The molecule has 0 spiro atoms. The molecule has 146 valence electrons. The predicted octanol–water partition coefficient (Wildman–Crippen LogP) is 1.84. The van der Waals surface area contributed by atoms with E-state index < -0.39 is 5.97 Å². The van der Waals surface area contributed by atoms with Gasteiger partial charge in [-0.25, -0.2) is 9.78 Å². The van der Waals surface area contributed by atoms with Crippen molar-refractivity contribution in [2.45, 2.75) is 0 Å². The quantitative estimate of drug-likeness (QED) is 0.751. The molecule has 8 heteroatoms. The molecule has 0 saturated carbocycles. The number of carboxylic acid groups (broad SMARTS) is 1. The molecule has 2 aromatic rings. The average molecular weight is 386 g/mol. The van der Waals surface area contributed by atoms with Crippen LogP contribution in [-0.4, -0.2) is 85.5 Å². The van der Waals surface area contributed by atoms with Gasteiger partial charge in [-0.3, -0.25) is 0 Å². The number of carboxylic acids is 1. The summed E-state index contributed by atoms with van der Waals surface area (Å²) >= 11 is 0. The molecule has 0 amide bonds. The number of carbonyl (C=O) groups is 1. The van der Waals surface area contributed by atoms with E-state index in [-0.39, 0.29) is 24.6 Å². The molecule has 0 radical (unpaired) electrons. The molecule has 0 aliphatic rings. The number of aromatic carboxylic acids is 1. The molecule has 0 atom stereocenters. The first-order chi connectivity index (χ1) is 11.8. The standard InChI is InChI=1S/C14H16N2O3.C4H11NO.ClH/c1-16(2)7-8-19-13-6-4-10-9-11(14(17)18)3-5-12(10)15-13;1-5(2)3-4-6;/h3-6,9H,7-8H2,1-2H3,(H,17,18);6H,3-4H2,1-2H3;1H. The summed E-state index contributed by atoms with van der Waals surface area (Å²) in [4.78, 5) is 19.2. The van der Waals surface area contributed by atoms with Gasteiger partial charge in [0, 0.05) is 24.5 Å². The Bertz CT molecular complexity index is 681. The maximum Gasteiger partial charge on any atom is 0.335 e. The fraction of sp³-hybridized carbons (Fsp3) is 0.444. The highest BCUT2D eigenvalue weighted by Crippen LogP contribution is 2.18. The Kier molecular flexibility index (Phi) is 11.5. The third kappa shape index (κ3) is 8.96. The van der Waals surface area contributed by atoms with Crippen molar-refractivity contribution in [3.8, 4) is 5.88 Å². The van der Waals surface area contributed by atoms with Crippen molar-refractivity contribution in [3.63, 3.8) is 0 Å². The molecule has 1 aromatic heterocycles. The summed E-state index contributed by atoms with van der Waals surface area (Å²) in [7, 11) is 7.81. The molecule has 7 nitrogen and oxygen atoms in total. The van der Waals surface area contributed by atoms with E-state index in [4.69, 9.17) is 14.9 Å². The highest BCUT2D eigenvalue weighted by molar-refractivity contribution is 5.93. The first-order valence-corrected chi connectivity index (χ1v) is 8.00. The van der Waals surface area contributed by atoms with Gasteiger partial charge in [0.15, 0.2) is 0 Å². The summed E-state index contributed by atoms with van der Waals surface area (Å²) in [6.07, 6.45) is 0. The number of hydrogen-bond donors (Lipinski definition) is 2. The molecule has 26 heavy (non-hydrogen) atoms. The van der Waals surface area contributed by atoms with Crippen LogP contribution in [0, 0.1) is 0 Å². The number of aliphatic hydroxyl groups is 1. The molecular formula is C18H28ClN3O4. The van der Waals surface area contributed by atoms with E-state index >= 15 is 0 Å². The second-order valence-corrected chi connectivity index (χ2v) is 6.04. The van der Waals surface area contributed by atoms with Gasteiger partial charge in [0.05, 0.1) is 17.7 Å². The molecule has 2 rings (SSSR count). The third-order valence-electron chi connectivity index (χ3n) is 3.25. The highest BCUT2D eigenvalue weighted by atomic mass is 35.5. The number of likely N-dealkylation sites (N-methyl/N-ethyl adjacent to an activating group) is 2. The predicted molar refractivity (Wildman–Crippen MR) is 106 cm³/mol. The lowest BCUT2D eigenvalue weighted by atomic mass is 10.1. The van der Waals surface area contributed by atoms with Crippen LogP contribution < -0.4 is 4.74 Å². The smallest absolute Gasteiger partial charge is 0.335 e. The lowest BCUT2D eigenvalue weighted by Gasteiger charge is -2.10. The van der Waals surface area contributed by atoms with Gasteiger partial charge in [0.2, 0.25) is 5.88 Å². The SMILES string of the molecule is CN(C)CCO.CN(C)CCOc1ccc2cc(C(=O)O)ccc2n1.Cl. The zero-order chi connectivity index (χ0) is 18.8. The van der Waals surface area contributed by atoms with E-state index in [0.29, 0.717) is 12.5 Å². The highest BCUT2D eigenvalue weighted by Gasteiger charge is 2.05. The van der Waals surface area contributed by atoms with Gasteiger partial charge in [-0.05, 0) is 52.5 Å². The van der Waals surface area contributed by atoms with Gasteiger partial charge in [0.1, 0.15) is 6.61 Å². The van der Waals surface area contributed by atoms with Crippen molar-refractivity contribution in [2.75, 3.05) is 54.5 Å². The summed E-state index contributed by atoms with van der Waals surface area (Å²) < 4.78 is 5.53. The molecule has 2 N–H and O–H groups in total. The summed E-state index contributed by atoms with van der Waals surface area (Å²) in [6, 6.07) is 8.41. The fourth-order valence-corrected chi connectivity index (χ4v) is 1.85. The average Bonchev–Trinajstić information content (AvgIpc) is 2.54. The van der Waals surface area contributed by atoms with Gasteiger partial charge in [-0.15, -0.1) is 12.4 Å². The lowest BCUT2D eigenvalue weighted by Crippen LogP contribution is -2.19. The van der Waals surface area contributed by atoms with E-state index in [1.54, 1.807) is 24.3 Å². The van der Waals surface area contributed by atoms with Gasteiger partial charge in [-0.1, -0.05) is 0 Å². The number of aromatic nitrogens is 1. The van der Waals surface area contributed by atoms with Crippen LogP contribution in [0.5, 0.6) is 5.88 Å². The van der Waals surface area contributed by atoms with Gasteiger partial charge in [0.25, 0.3) is 0 Å². The normalized spacial score (nSPS) is 10.3. The number of nitrogens with zero attached hydrogens (tertiary/aromatic N) is 3. The van der Waals surface area contributed by atoms with E-state index in [9.17, 15) is 4.79 Å². The number of fused-ring (bicyclic) bond motifs is 1. The number of ether oxygens (including phenoxy) is 1. The van der Waals surface area contributed by atoms with E-state index in [0.717, 1.165) is 24.0 Å². The first kappa shape index (κ1) is 24.1. The first-order valence-electron chi connectivity index (χ1n) is 8.00. The van der Waals surface area contributed by atoms with E-state index in [2.05, 4.69) is 4.98 Å². The summed E-state index contributed by atoms with van der Waals surface area (Å²) in [6.45, 7) is 2.41. The second-order valence-electron chi connectivity index (χ2n) is 6.04. The van der Waals surface area contributed by atoms with E-state index in [1.165, 1.54) is 0 Å². The van der Waals surface area contributed by atoms with Crippen molar-refractivity contribution in [1.82, 2.24) is 14.8 Å². The summed E-state index contributed by atoms with van der Waals surface area (Å²) in [5.41, 5.74) is 0.989. The summed E-state index contributed by atoms with van der Waals surface area (Å²) in [5.74, 6) is -0.384. The lowest BCUT2D eigenvalue weighted by molar-refractivity contribution is 0.0697. The number of hydrogen-bond acceptors (Lipinski definition) is 6. The second kappa shape index (κ2) is 12.4. The van der Waals surface area contributed by atoms with E-state index in [1.807, 2.05) is 44.1 Å².